The SMILES string of the molecule is CCCC(C#N)(CCC)C(=O)Nc1ccc(Cl)cc1F. The Bertz CT molecular complexity index is 519. The second-order valence-corrected chi connectivity index (χ2v) is 5.21. The molecule has 1 aromatic carbocycles. The molecule has 0 aliphatic rings. The molecule has 5 heteroatoms. The molecule has 108 valence electrons. The summed E-state index contributed by atoms with van der Waals surface area (Å²) in [6, 6.07) is 6.13. The first kappa shape index (κ1) is 16.5. The largest absolute Gasteiger partial charge is 0.322 e. The van der Waals surface area contributed by atoms with Gasteiger partial charge in [-0.05, 0) is 31.0 Å². The number of halogens is 2. The maximum atomic E-state index is 13.7. The van der Waals surface area contributed by atoms with Crippen LogP contribution in [0.2, 0.25) is 5.02 Å². The highest BCUT2D eigenvalue weighted by Crippen LogP contribution is 2.31. The molecule has 1 N–H and O–H groups in total. The van der Waals surface area contributed by atoms with Crippen LogP contribution in [0.15, 0.2) is 18.2 Å². The molecule has 1 aromatic rings. The molecular weight excluding hydrogens is 279 g/mol. The highest BCUT2D eigenvalue weighted by atomic mass is 35.5. The van der Waals surface area contributed by atoms with E-state index in [-0.39, 0.29) is 10.7 Å². The molecule has 0 saturated heterocycles. The molecule has 0 aromatic heterocycles. The molecule has 0 unspecified atom stereocenters. The van der Waals surface area contributed by atoms with Crippen molar-refractivity contribution in [2.75, 3.05) is 5.32 Å². The number of hydrogen-bond donors (Lipinski definition) is 1. The monoisotopic (exact) mass is 296 g/mol. The number of nitrogens with one attached hydrogen (secondary N) is 1. The minimum atomic E-state index is -1.10. The Hall–Kier alpha value is -1.60. The van der Waals surface area contributed by atoms with E-state index < -0.39 is 17.1 Å². The van der Waals surface area contributed by atoms with E-state index in [1.54, 1.807) is 0 Å². The average Bonchev–Trinajstić information content (AvgIpc) is 2.41. The summed E-state index contributed by atoms with van der Waals surface area (Å²) in [7, 11) is 0. The van der Waals surface area contributed by atoms with Gasteiger partial charge in [0.05, 0.1) is 11.8 Å². The molecule has 0 aliphatic carbocycles. The average molecular weight is 297 g/mol. The fourth-order valence-electron chi connectivity index (χ4n) is 2.20. The van der Waals surface area contributed by atoms with Crippen LogP contribution in [-0.2, 0) is 4.79 Å². The van der Waals surface area contributed by atoms with Crippen molar-refractivity contribution in [3.8, 4) is 6.07 Å². The zero-order chi connectivity index (χ0) is 15.2. The number of carbonyl (C=O) groups excluding carboxylic acids is 1. The highest BCUT2D eigenvalue weighted by molar-refractivity contribution is 6.30. The second-order valence-electron chi connectivity index (χ2n) is 4.77. The van der Waals surface area contributed by atoms with Crippen LogP contribution in [0.4, 0.5) is 10.1 Å². The van der Waals surface area contributed by atoms with Crippen molar-refractivity contribution in [3.05, 3.63) is 29.0 Å². The number of nitriles is 1. The molecule has 0 spiro atoms. The van der Waals surface area contributed by atoms with Gasteiger partial charge in [-0.2, -0.15) is 5.26 Å². The van der Waals surface area contributed by atoms with Gasteiger partial charge in [0, 0.05) is 5.02 Å². The second kappa shape index (κ2) is 7.25. The van der Waals surface area contributed by atoms with E-state index >= 15 is 0 Å². The molecule has 0 atom stereocenters. The standard InChI is InChI=1S/C15H18ClFN2O/c1-3-7-15(10-18,8-4-2)14(20)19-13-6-5-11(16)9-12(13)17/h5-6,9H,3-4,7-8H2,1-2H3,(H,19,20). The molecule has 0 radical (unpaired) electrons. The topological polar surface area (TPSA) is 52.9 Å². The Balaban J connectivity index is 2.99. The van der Waals surface area contributed by atoms with Crippen molar-refractivity contribution >= 4 is 23.2 Å². The molecular formula is C15H18ClFN2O. The van der Waals surface area contributed by atoms with Crippen LogP contribution >= 0.6 is 11.6 Å². The number of amides is 1. The lowest BCUT2D eigenvalue weighted by molar-refractivity contribution is -0.123. The maximum absolute atomic E-state index is 13.7. The van der Waals surface area contributed by atoms with Crippen LogP contribution in [0.5, 0.6) is 0 Å². The van der Waals surface area contributed by atoms with Crippen LogP contribution in [0.25, 0.3) is 0 Å². The molecule has 0 bridgehead atoms. The van der Waals surface area contributed by atoms with E-state index in [0.29, 0.717) is 25.7 Å². The summed E-state index contributed by atoms with van der Waals surface area (Å²) in [4.78, 5) is 12.3. The fourth-order valence-corrected chi connectivity index (χ4v) is 2.36. The Morgan fingerprint density at radius 3 is 2.45 bits per heavy atom. The molecule has 0 saturated carbocycles. The molecule has 0 heterocycles. The van der Waals surface area contributed by atoms with Gasteiger partial charge >= 0.3 is 0 Å². The predicted octanol–water partition coefficient (Wildman–Crippen LogP) is 4.53. The predicted molar refractivity (Wildman–Crippen MR) is 77.9 cm³/mol. The van der Waals surface area contributed by atoms with Gasteiger partial charge < -0.3 is 5.32 Å². The number of nitrogens with zero attached hydrogens (tertiary/aromatic N) is 1. The molecule has 20 heavy (non-hydrogen) atoms. The van der Waals surface area contributed by atoms with Crippen molar-refractivity contribution in [1.82, 2.24) is 0 Å². The Kier molecular flexibility index (Phi) is 5.97. The van der Waals surface area contributed by atoms with E-state index in [4.69, 9.17) is 11.6 Å². The zero-order valence-electron chi connectivity index (χ0n) is 11.7. The number of anilines is 1. The summed E-state index contributed by atoms with van der Waals surface area (Å²) >= 11 is 5.67. The lowest BCUT2D eigenvalue weighted by Crippen LogP contribution is -2.35. The summed E-state index contributed by atoms with van der Waals surface area (Å²) in [6.07, 6.45) is 2.34. The third-order valence-corrected chi connectivity index (χ3v) is 3.42. The van der Waals surface area contributed by atoms with E-state index in [0.717, 1.165) is 6.07 Å². The first-order valence-corrected chi connectivity index (χ1v) is 7.04. The van der Waals surface area contributed by atoms with Gasteiger partial charge in [-0.15, -0.1) is 0 Å². The summed E-state index contributed by atoms with van der Waals surface area (Å²) < 4.78 is 13.7. The summed E-state index contributed by atoms with van der Waals surface area (Å²) in [5.41, 5.74) is -1.05. The van der Waals surface area contributed by atoms with Crippen LogP contribution in [0.3, 0.4) is 0 Å². The molecule has 1 amide bonds. The van der Waals surface area contributed by atoms with E-state index in [9.17, 15) is 14.4 Å². The normalized spacial score (nSPS) is 10.9. The van der Waals surface area contributed by atoms with Crippen LogP contribution in [0, 0.1) is 22.6 Å². The fraction of sp³-hybridized carbons (Fsp3) is 0.467. The quantitative estimate of drug-likeness (QED) is 0.838. The first-order chi connectivity index (χ1) is 9.49. The van der Waals surface area contributed by atoms with Crippen molar-refractivity contribution in [3.63, 3.8) is 0 Å². The summed E-state index contributed by atoms with van der Waals surface area (Å²) in [6.45, 7) is 3.83. The van der Waals surface area contributed by atoms with Crippen molar-refractivity contribution in [2.45, 2.75) is 39.5 Å². The van der Waals surface area contributed by atoms with E-state index in [1.807, 2.05) is 13.8 Å². The van der Waals surface area contributed by atoms with Gasteiger partial charge in [-0.25, -0.2) is 4.39 Å². The van der Waals surface area contributed by atoms with E-state index in [2.05, 4.69) is 11.4 Å². The van der Waals surface area contributed by atoms with Gasteiger partial charge in [-0.1, -0.05) is 38.3 Å². The van der Waals surface area contributed by atoms with Crippen LogP contribution in [-0.4, -0.2) is 5.91 Å². The highest BCUT2D eigenvalue weighted by Gasteiger charge is 2.37. The third-order valence-electron chi connectivity index (χ3n) is 3.18. The lowest BCUT2D eigenvalue weighted by atomic mass is 9.79. The van der Waals surface area contributed by atoms with Gasteiger partial charge in [0.2, 0.25) is 5.91 Å². The van der Waals surface area contributed by atoms with Gasteiger partial charge in [0.15, 0.2) is 0 Å². The Labute approximate surface area is 123 Å². The molecule has 0 fully saturated rings. The van der Waals surface area contributed by atoms with Gasteiger partial charge in [0.25, 0.3) is 0 Å². The first-order valence-electron chi connectivity index (χ1n) is 6.67. The van der Waals surface area contributed by atoms with Crippen molar-refractivity contribution in [1.29, 1.82) is 5.26 Å². The summed E-state index contributed by atoms with van der Waals surface area (Å²) in [5, 5.41) is 12.1. The van der Waals surface area contributed by atoms with Gasteiger partial charge in [0.1, 0.15) is 11.2 Å². The summed E-state index contributed by atoms with van der Waals surface area (Å²) in [5.74, 6) is -1.06. The number of hydrogen-bond acceptors (Lipinski definition) is 2. The molecule has 0 aliphatic heterocycles. The van der Waals surface area contributed by atoms with Gasteiger partial charge in [-0.3, -0.25) is 4.79 Å². The molecule has 1 rings (SSSR count). The Morgan fingerprint density at radius 2 is 2.00 bits per heavy atom. The number of benzene rings is 1. The maximum Gasteiger partial charge on any atom is 0.244 e. The minimum absolute atomic E-state index is 0.0474. The minimum Gasteiger partial charge on any atom is -0.322 e. The van der Waals surface area contributed by atoms with Crippen LogP contribution < -0.4 is 5.32 Å². The van der Waals surface area contributed by atoms with Crippen molar-refractivity contribution < 1.29 is 9.18 Å². The van der Waals surface area contributed by atoms with Crippen LogP contribution in [0.1, 0.15) is 39.5 Å². The smallest absolute Gasteiger partial charge is 0.244 e. The molecule has 3 nitrogen and oxygen atoms in total. The number of rotatable bonds is 6. The number of carbonyl (C=O) groups is 1. The Morgan fingerprint density at radius 1 is 1.40 bits per heavy atom. The zero-order valence-corrected chi connectivity index (χ0v) is 12.4. The van der Waals surface area contributed by atoms with Crippen molar-refractivity contribution in [2.24, 2.45) is 5.41 Å². The lowest BCUT2D eigenvalue weighted by Gasteiger charge is -2.24. The third kappa shape index (κ3) is 3.71. The van der Waals surface area contributed by atoms with E-state index in [1.165, 1.54) is 12.1 Å².